The zero-order valence-electron chi connectivity index (χ0n) is 8.53. The van der Waals surface area contributed by atoms with Crippen molar-refractivity contribution in [1.82, 2.24) is 0 Å². The van der Waals surface area contributed by atoms with Gasteiger partial charge in [-0.1, -0.05) is 27.7 Å². The van der Waals surface area contributed by atoms with E-state index in [-0.39, 0.29) is 22.0 Å². The van der Waals surface area contributed by atoms with Crippen molar-refractivity contribution >= 4 is 29.0 Å². The van der Waals surface area contributed by atoms with E-state index in [9.17, 15) is 4.79 Å². The number of hydrogen-bond donors (Lipinski definition) is 0. The highest BCUT2D eigenvalue weighted by molar-refractivity contribution is 6.32. The smallest absolute Gasteiger partial charge is 0.140 e. The van der Waals surface area contributed by atoms with Gasteiger partial charge in [-0.15, -0.1) is 23.2 Å². The highest BCUT2D eigenvalue weighted by Gasteiger charge is 2.51. The van der Waals surface area contributed by atoms with Crippen molar-refractivity contribution in [2.75, 3.05) is 0 Å². The molecule has 76 valence electrons. The van der Waals surface area contributed by atoms with Gasteiger partial charge < -0.3 is 0 Å². The first-order valence-electron chi connectivity index (χ1n) is 4.51. The minimum atomic E-state index is -0.483. The first kappa shape index (κ1) is 11.3. The summed E-state index contributed by atoms with van der Waals surface area (Å²) in [6.07, 6.45) is 0.525. The van der Waals surface area contributed by atoms with Gasteiger partial charge in [-0.3, -0.25) is 4.79 Å². The molecule has 1 aliphatic rings. The maximum atomic E-state index is 11.7. The molecular weight excluding hydrogens is 207 g/mol. The van der Waals surface area contributed by atoms with Crippen LogP contribution in [0.2, 0.25) is 0 Å². The van der Waals surface area contributed by atoms with E-state index in [1.54, 1.807) is 0 Å². The number of rotatable bonds is 0. The number of alkyl halides is 2. The maximum Gasteiger partial charge on any atom is 0.140 e. The van der Waals surface area contributed by atoms with Gasteiger partial charge >= 0.3 is 0 Å². The Balaban J connectivity index is 3.00. The molecule has 1 fully saturated rings. The topological polar surface area (TPSA) is 17.1 Å². The van der Waals surface area contributed by atoms with Gasteiger partial charge in [0.25, 0.3) is 0 Å². The van der Waals surface area contributed by atoms with E-state index in [0.29, 0.717) is 6.42 Å². The zero-order valence-corrected chi connectivity index (χ0v) is 10.0. The van der Waals surface area contributed by atoms with Crippen LogP contribution in [0.15, 0.2) is 0 Å². The number of ketones is 1. The lowest BCUT2D eigenvalue weighted by Crippen LogP contribution is -2.52. The molecule has 0 aromatic heterocycles. The van der Waals surface area contributed by atoms with Crippen LogP contribution in [-0.4, -0.2) is 16.5 Å². The monoisotopic (exact) mass is 222 g/mol. The fourth-order valence-electron chi connectivity index (χ4n) is 1.65. The average molecular weight is 223 g/mol. The van der Waals surface area contributed by atoms with Crippen LogP contribution in [0.4, 0.5) is 0 Å². The standard InChI is InChI=1S/C10H16Cl2O/c1-9(2)5-6(13)10(3,4)8(12)7(9)11/h7-8H,5H2,1-4H3/t7-,8-/m0/s1. The lowest BCUT2D eigenvalue weighted by atomic mass is 9.65. The second kappa shape index (κ2) is 3.13. The molecule has 0 N–H and O–H groups in total. The largest absolute Gasteiger partial charge is 0.299 e. The van der Waals surface area contributed by atoms with Crippen LogP contribution in [0, 0.1) is 10.8 Å². The van der Waals surface area contributed by atoms with E-state index in [0.717, 1.165) is 0 Å². The molecule has 0 heterocycles. The molecule has 0 aliphatic heterocycles. The van der Waals surface area contributed by atoms with Gasteiger partial charge in [-0.25, -0.2) is 0 Å². The van der Waals surface area contributed by atoms with E-state index in [1.165, 1.54) is 0 Å². The van der Waals surface area contributed by atoms with Gasteiger partial charge in [0.15, 0.2) is 0 Å². The molecule has 2 atom stereocenters. The van der Waals surface area contributed by atoms with Crippen molar-refractivity contribution in [1.29, 1.82) is 0 Å². The SMILES string of the molecule is CC1(C)CC(=O)C(C)(C)[C@@H](Cl)[C@@H]1Cl. The van der Waals surface area contributed by atoms with E-state index in [2.05, 4.69) is 0 Å². The maximum absolute atomic E-state index is 11.7. The predicted molar refractivity (Wildman–Crippen MR) is 56.5 cm³/mol. The molecule has 0 bridgehead atoms. The molecule has 0 unspecified atom stereocenters. The third kappa shape index (κ3) is 1.73. The Kier molecular flexibility index (Phi) is 2.73. The van der Waals surface area contributed by atoms with Crippen LogP contribution in [-0.2, 0) is 4.79 Å². The van der Waals surface area contributed by atoms with E-state index < -0.39 is 5.41 Å². The molecule has 13 heavy (non-hydrogen) atoms. The van der Waals surface area contributed by atoms with Gasteiger partial charge in [0.2, 0.25) is 0 Å². The third-order valence-electron chi connectivity index (χ3n) is 3.03. The lowest BCUT2D eigenvalue weighted by Gasteiger charge is -2.45. The second-order valence-electron chi connectivity index (χ2n) is 5.11. The summed E-state index contributed by atoms with van der Waals surface area (Å²) in [6, 6.07) is 0. The molecule has 0 radical (unpaired) electrons. The van der Waals surface area contributed by atoms with Gasteiger partial charge in [0, 0.05) is 11.8 Å². The third-order valence-corrected chi connectivity index (χ3v) is 4.80. The Morgan fingerprint density at radius 3 is 2.08 bits per heavy atom. The lowest BCUT2D eigenvalue weighted by molar-refractivity contribution is -0.132. The first-order valence-corrected chi connectivity index (χ1v) is 5.38. The Bertz CT molecular complexity index is 233. The van der Waals surface area contributed by atoms with Crippen molar-refractivity contribution in [3.63, 3.8) is 0 Å². The van der Waals surface area contributed by atoms with E-state index in [1.807, 2.05) is 27.7 Å². The average Bonchev–Trinajstić information content (AvgIpc) is 1.98. The minimum Gasteiger partial charge on any atom is -0.299 e. The Morgan fingerprint density at radius 1 is 1.15 bits per heavy atom. The van der Waals surface area contributed by atoms with Crippen molar-refractivity contribution in [2.45, 2.75) is 44.9 Å². The van der Waals surface area contributed by atoms with Crippen LogP contribution in [0.1, 0.15) is 34.1 Å². The van der Waals surface area contributed by atoms with Gasteiger partial charge in [-0.2, -0.15) is 0 Å². The number of hydrogen-bond acceptors (Lipinski definition) is 1. The summed E-state index contributed by atoms with van der Waals surface area (Å²) in [7, 11) is 0. The van der Waals surface area contributed by atoms with Gasteiger partial charge in [0.1, 0.15) is 5.78 Å². The van der Waals surface area contributed by atoms with Gasteiger partial charge in [0.05, 0.1) is 10.8 Å². The molecule has 1 nitrogen and oxygen atoms in total. The number of carbonyl (C=O) groups excluding carboxylic acids is 1. The Labute approximate surface area is 89.8 Å². The summed E-state index contributed by atoms with van der Waals surface area (Å²) in [5.74, 6) is 0.217. The summed E-state index contributed by atoms with van der Waals surface area (Å²) >= 11 is 12.4. The number of carbonyl (C=O) groups is 1. The van der Waals surface area contributed by atoms with Crippen LogP contribution in [0.3, 0.4) is 0 Å². The van der Waals surface area contributed by atoms with Crippen molar-refractivity contribution in [3.8, 4) is 0 Å². The Morgan fingerprint density at radius 2 is 1.62 bits per heavy atom. The molecule has 0 saturated heterocycles. The predicted octanol–water partition coefficient (Wildman–Crippen LogP) is 3.23. The van der Waals surface area contributed by atoms with Crippen molar-refractivity contribution in [3.05, 3.63) is 0 Å². The summed E-state index contributed by atoms with van der Waals surface area (Å²) in [4.78, 5) is 11.7. The fourth-order valence-corrected chi connectivity index (χ4v) is 2.51. The fraction of sp³-hybridized carbons (Fsp3) is 0.900. The summed E-state index contributed by atoms with van der Waals surface area (Å²) in [6.45, 7) is 7.73. The number of halogens is 2. The molecule has 0 aromatic carbocycles. The molecule has 0 aromatic rings. The highest BCUT2D eigenvalue weighted by Crippen LogP contribution is 2.47. The molecular formula is C10H16Cl2O. The van der Waals surface area contributed by atoms with Crippen molar-refractivity contribution < 1.29 is 4.79 Å². The molecule has 1 rings (SSSR count). The molecule has 1 saturated carbocycles. The van der Waals surface area contributed by atoms with Crippen LogP contribution in [0.25, 0.3) is 0 Å². The van der Waals surface area contributed by atoms with Crippen LogP contribution in [0.5, 0.6) is 0 Å². The van der Waals surface area contributed by atoms with E-state index in [4.69, 9.17) is 23.2 Å². The second-order valence-corrected chi connectivity index (χ2v) is 6.05. The molecule has 0 amide bonds. The summed E-state index contributed by atoms with van der Waals surface area (Å²) < 4.78 is 0. The highest BCUT2D eigenvalue weighted by atomic mass is 35.5. The molecule has 3 heteroatoms. The Hall–Kier alpha value is 0.250. The van der Waals surface area contributed by atoms with E-state index >= 15 is 0 Å². The van der Waals surface area contributed by atoms with Gasteiger partial charge in [-0.05, 0) is 5.41 Å². The molecule has 0 spiro atoms. The quantitative estimate of drug-likeness (QED) is 0.576. The van der Waals surface area contributed by atoms with Crippen LogP contribution >= 0.6 is 23.2 Å². The van der Waals surface area contributed by atoms with Crippen LogP contribution < -0.4 is 0 Å². The summed E-state index contributed by atoms with van der Waals surface area (Å²) in [5, 5.41) is -0.410. The first-order chi connectivity index (χ1) is 5.69. The zero-order chi connectivity index (χ0) is 10.4. The molecule has 1 aliphatic carbocycles. The number of Topliss-reactive ketones (excluding diaryl/α,β-unsaturated/α-hetero) is 1. The van der Waals surface area contributed by atoms with Crippen molar-refractivity contribution in [2.24, 2.45) is 10.8 Å². The minimum absolute atomic E-state index is 0.137. The normalized spacial score (nSPS) is 37.5. The summed E-state index contributed by atoms with van der Waals surface area (Å²) in [5.41, 5.74) is -0.663.